The molecule has 1 rings (SSSR count). The smallest absolute Gasteiger partial charge is 0.309 e. The number of hydrogen-bond donors (Lipinski definition) is 1. The molecule has 0 aromatic carbocycles. The van der Waals surface area contributed by atoms with Gasteiger partial charge >= 0.3 is 5.97 Å². The maximum atomic E-state index is 12.0. The lowest BCUT2D eigenvalue weighted by Crippen LogP contribution is -2.50. The Balaban J connectivity index is 2.27. The number of rotatable bonds is 9. The highest BCUT2D eigenvalue weighted by Gasteiger charge is 2.25. The molecule has 1 unspecified atom stereocenters. The van der Waals surface area contributed by atoms with E-state index in [2.05, 4.69) is 19.2 Å². The molecule has 0 aliphatic carbocycles. The zero-order chi connectivity index (χ0) is 12.5. The van der Waals surface area contributed by atoms with Gasteiger partial charge in [-0.1, -0.05) is 46.0 Å². The molecule has 1 saturated heterocycles. The van der Waals surface area contributed by atoms with Crippen LogP contribution in [0.4, 0.5) is 0 Å². The summed E-state index contributed by atoms with van der Waals surface area (Å²) < 4.78 is 5.47. The number of ether oxygens (including phenoxy) is 1. The third-order valence-corrected chi connectivity index (χ3v) is 3.42. The third-order valence-electron chi connectivity index (χ3n) is 3.42. The second kappa shape index (κ2) is 8.51. The third kappa shape index (κ3) is 5.53. The number of hydrogen-bond acceptors (Lipinski definition) is 3. The molecule has 0 aromatic rings. The summed E-state index contributed by atoms with van der Waals surface area (Å²) in [6.45, 7) is 6.03. The molecule has 1 N–H and O–H groups in total. The minimum atomic E-state index is 0.0426. The van der Waals surface area contributed by atoms with Gasteiger partial charge in [0.1, 0.15) is 6.10 Å². The second-order valence-corrected chi connectivity index (χ2v) is 5.05. The molecule has 17 heavy (non-hydrogen) atoms. The highest BCUT2D eigenvalue weighted by atomic mass is 16.5. The molecule has 0 aromatic heterocycles. The van der Waals surface area contributed by atoms with Gasteiger partial charge in [-0.2, -0.15) is 0 Å². The molecule has 0 spiro atoms. The summed E-state index contributed by atoms with van der Waals surface area (Å²) in [5, 5.41) is 3.12. The summed E-state index contributed by atoms with van der Waals surface area (Å²) in [6, 6.07) is 0. The van der Waals surface area contributed by atoms with Gasteiger partial charge in [0.05, 0.1) is 5.92 Å². The fourth-order valence-corrected chi connectivity index (χ4v) is 2.08. The normalized spacial score (nSPS) is 17.5. The van der Waals surface area contributed by atoms with Crippen LogP contribution in [0.25, 0.3) is 0 Å². The Labute approximate surface area is 105 Å². The average molecular weight is 241 g/mol. The van der Waals surface area contributed by atoms with Crippen LogP contribution in [0.2, 0.25) is 0 Å². The van der Waals surface area contributed by atoms with Gasteiger partial charge in [0.25, 0.3) is 0 Å². The first-order valence-electron chi connectivity index (χ1n) is 7.19. The van der Waals surface area contributed by atoms with Crippen LogP contribution >= 0.6 is 0 Å². The van der Waals surface area contributed by atoms with Crippen molar-refractivity contribution < 1.29 is 9.53 Å². The summed E-state index contributed by atoms with van der Waals surface area (Å²) in [7, 11) is 0. The SMILES string of the molecule is CCCCCC(CCCC)C(=O)OC1CNC1. The monoisotopic (exact) mass is 241 g/mol. The Hall–Kier alpha value is -0.570. The van der Waals surface area contributed by atoms with Crippen LogP contribution in [-0.2, 0) is 9.53 Å². The van der Waals surface area contributed by atoms with Crippen LogP contribution in [0.15, 0.2) is 0 Å². The standard InChI is InChI=1S/C14H27NO2/c1-3-5-7-9-12(8-6-4-2)14(16)17-13-10-15-11-13/h12-13,15H,3-11H2,1-2H3. The van der Waals surface area contributed by atoms with E-state index in [0.717, 1.165) is 45.2 Å². The van der Waals surface area contributed by atoms with Gasteiger partial charge in [-0.05, 0) is 12.8 Å². The van der Waals surface area contributed by atoms with Crippen LogP contribution in [0.1, 0.15) is 58.8 Å². The van der Waals surface area contributed by atoms with Crippen LogP contribution in [0.3, 0.4) is 0 Å². The summed E-state index contributed by atoms with van der Waals surface area (Å²) in [5.41, 5.74) is 0. The molecular formula is C14H27NO2. The Morgan fingerprint density at radius 3 is 2.35 bits per heavy atom. The van der Waals surface area contributed by atoms with E-state index in [1.54, 1.807) is 0 Å². The summed E-state index contributed by atoms with van der Waals surface area (Å²) in [4.78, 5) is 12.0. The van der Waals surface area contributed by atoms with Gasteiger partial charge in [0.2, 0.25) is 0 Å². The van der Waals surface area contributed by atoms with E-state index in [4.69, 9.17) is 4.74 Å². The summed E-state index contributed by atoms with van der Waals surface area (Å²) >= 11 is 0. The van der Waals surface area contributed by atoms with E-state index in [1.165, 1.54) is 12.8 Å². The lowest BCUT2D eigenvalue weighted by Gasteiger charge is -2.28. The summed E-state index contributed by atoms with van der Waals surface area (Å²) in [6.07, 6.45) is 8.02. The lowest BCUT2D eigenvalue weighted by atomic mass is 9.95. The van der Waals surface area contributed by atoms with Crippen molar-refractivity contribution in [3.63, 3.8) is 0 Å². The first-order chi connectivity index (χ1) is 8.27. The first kappa shape index (κ1) is 14.5. The first-order valence-corrected chi connectivity index (χ1v) is 7.19. The predicted octanol–water partition coefficient (Wildman–Crippen LogP) is 2.89. The van der Waals surface area contributed by atoms with Gasteiger partial charge < -0.3 is 10.1 Å². The summed E-state index contributed by atoms with van der Waals surface area (Å²) in [5.74, 6) is 0.183. The van der Waals surface area contributed by atoms with Crippen molar-refractivity contribution in [2.45, 2.75) is 64.9 Å². The molecule has 1 heterocycles. The van der Waals surface area contributed by atoms with Gasteiger partial charge in [0.15, 0.2) is 0 Å². The van der Waals surface area contributed by atoms with Crippen LogP contribution < -0.4 is 5.32 Å². The number of carbonyl (C=O) groups excluding carboxylic acids is 1. The second-order valence-electron chi connectivity index (χ2n) is 5.05. The van der Waals surface area contributed by atoms with E-state index in [0.29, 0.717) is 0 Å². The fourth-order valence-electron chi connectivity index (χ4n) is 2.08. The topological polar surface area (TPSA) is 38.3 Å². The Morgan fingerprint density at radius 2 is 1.82 bits per heavy atom. The van der Waals surface area contributed by atoms with Crippen molar-refractivity contribution in [1.29, 1.82) is 0 Å². The van der Waals surface area contributed by atoms with Crippen molar-refractivity contribution in [3.8, 4) is 0 Å². The van der Waals surface area contributed by atoms with Crippen molar-refractivity contribution in [2.24, 2.45) is 5.92 Å². The highest BCUT2D eigenvalue weighted by Crippen LogP contribution is 2.19. The van der Waals surface area contributed by atoms with Crippen molar-refractivity contribution in [2.75, 3.05) is 13.1 Å². The fraction of sp³-hybridized carbons (Fsp3) is 0.929. The molecule has 0 saturated carbocycles. The zero-order valence-electron chi connectivity index (χ0n) is 11.3. The Bertz CT molecular complexity index is 214. The van der Waals surface area contributed by atoms with Crippen molar-refractivity contribution >= 4 is 5.97 Å². The van der Waals surface area contributed by atoms with Crippen LogP contribution in [0.5, 0.6) is 0 Å². The zero-order valence-corrected chi connectivity index (χ0v) is 11.3. The van der Waals surface area contributed by atoms with Gasteiger partial charge in [-0.15, -0.1) is 0 Å². The van der Waals surface area contributed by atoms with E-state index < -0.39 is 0 Å². The van der Waals surface area contributed by atoms with E-state index in [9.17, 15) is 4.79 Å². The Morgan fingerprint density at radius 1 is 1.18 bits per heavy atom. The van der Waals surface area contributed by atoms with Gasteiger partial charge in [-0.25, -0.2) is 0 Å². The molecular weight excluding hydrogens is 214 g/mol. The van der Waals surface area contributed by atoms with Crippen molar-refractivity contribution in [3.05, 3.63) is 0 Å². The highest BCUT2D eigenvalue weighted by molar-refractivity contribution is 5.72. The maximum absolute atomic E-state index is 12.0. The molecule has 1 aliphatic heterocycles. The predicted molar refractivity (Wildman–Crippen MR) is 69.9 cm³/mol. The van der Waals surface area contributed by atoms with E-state index in [1.807, 2.05) is 0 Å². The molecule has 1 atom stereocenters. The molecule has 3 heteroatoms. The van der Waals surface area contributed by atoms with E-state index >= 15 is 0 Å². The van der Waals surface area contributed by atoms with Crippen molar-refractivity contribution in [1.82, 2.24) is 5.32 Å². The minimum Gasteiger partial charge on any atom is -0.459 e. The molecule has 100 valence electrons. The molecule has 1 fully saturated rings. The van der Waals surface area contributed by atoms with Crippen LogP contribution in [0, 0.1) is 5.92 Å². The quantitative estimate of drug-likeness (QED) is 0.498. The maximum Gasteiger partial charge on any atom is 0.309 e. The van der Waals surface area contributed by atoms with Gasteiger partial charge in [-0.3, -0.25) is 4.79 Å². The van der Waals surface area contributed by atoms with Gasteiger partial charge in [0, 0.05) is 13.1 Å². The minimum absolute atomic E-state index is 0.0426. The Kier molecular flexibility index (Phi) is 7.25. The molecule has 0 amide bonds. The number of esters is 1. The lowest BCUT2D eigenvalue weighted by molar-refractivity contribution is -0.157. The molecule has 0 radical (unpaired) electrons. The van der Waals surface area contributed by atoms with E-state index in [-0.39, 0.29) is 18.0 Å². The largest absolute Gasteiger partial charge is 0.459 e. The average Bonchev–Trinajstić information content (AvgIpc) is 2.28. The number of unbranched alkanes of at least 4 members (excludes halogenated alkanes) is 3. The molecule has 3 nitrogen and oxygen atoms in total. The number of nitrogens with one attached hydrogen (secondary N) is 1. The molecule has 1 aliphatic rings. The van der Waals surface area contributed by atoms with Crippen LogP contribution in [-0.4, -0.2) is 25.2 Å². The molecule has 0 bridgehead atoms. The number of carbonyl (C=O) groups is 1.